The molecule has 2 unspecified atom stereocenters. The van der Waals surface area contributed by atoms with E-state index in [1.54, 1.807) is 12.3 Å². The van der Waals surface area contributed by atoms with E-state index in [2.05, 4.69) is 17.2 Å². The quantitative estimate of drug-likeness (QED) is 0.851. The van der Waals surface area contributed by atoms with Gasteiger partial charge >= 0.3 is 5.97 Å². The van der Waals surface area contributed by atoms with Crippen LogP contribution in [0.15, 0.2) is 5.38 Å². The second-order valence-corrected chi connectivity index (χ2v) is 5.42. The Morgan fingerprint density at radius 2 is 2.56 bits per heavy atom. The van der Waals surface area contributed by atoms with E-state index in [1.165, 1.54) is 11.3 Å². The maximum absolute atomic E-state index is 11.5. The fraction of sp³-hybridized carbons (Fsp3) is 0.667. The van der Waals surface area contributed by atoms with E-state index in [-0.39, 0.29) is 17.6 Å². The summed E-state index contributed by atoms with van der Waals surface area (Å²) in [7, 11) is 0. The molecule has 0 aromatic carbocycles. The molecule has 0 saturated carbocycles. The molecule has 2 atom stereocenters. The molecular weight excluding hydrogens is 252 g/mol. The number of nitrogens with zero attached hydrogens (tertiary/aromatic N) is 1. The minimum Gasteiger partial charge on any atom is -0.461 e. The highest BCUT2D eigenvalue weighted by molar-refractivity contribution is 7.13. The first kappa shape index (κ1) is 13.3. The summed E-state index contributed by atoms with van der Waals surface area (Å²) >= 11 is 1.41. The summed E-state index contributed by atoms with van der Waals surface area (Å²) in [5.74, 6) is -0.373. The van der Waals surface area contributed by atoms with Gasteiger partial charge in [0.2, 0.25) is 0 Å². The van der Waals surface area contributed by atoms with E-state index in [1.807, 2.05) is 6.92 Å². The standard InChI is InChI=1S/C12H18N2O3S/c1-4-16-10(15)9-7-18-11(13-9)14-12(3)5-6-17-8(12)2/h7-8H,4-6H2,1-3H3,(H,13,14). The summed E-state index contributed by atoms with van der Waals surface area (Å²) in [5.41, 5.74) is 0.239. The van der Waals surface area contributed by atoms with Gasteiger partial charge in [-0.3, -0.25) is 0 Å². The first-order valence-corrected chi connectivity index (χ1v) is 6.95. The van der Waals surface area contributed by atoms with Gasteiger partial charge in [0.25, 0.3) is 0 Å². The maximum atomic E-state index is 11.5. The molecule has 18 heavy (non-hydrogen) atoms. The van der Waals surface area contributed by atoms with Crippen LogP contribution >= 0.6 is 11.3 Å². The van der Waals surface area contributed by atoms with Crippen molar-refractivity contribution in [3.8, 4) is 0 Å². The Labute approximate surface area is 111 Å². The van der Waals surface area contributed by atoms with Gasteiger partial charge in [-0.1, -0.05) is 0 Å². The molecule has 6 heteroatoms. The lowest BCUT2D eigenvalue weighted by atomic mass is 9.95. The highest BCUT2D eigenvalue weighted by Crippen LogP contribution is 2.30. The first-order valence-electron chi connectivity index (χ1n) is 6.07. The van der Waals surface area contributed by atoms with Crippen LogP contribution in [0.2, 0.25) is 0 Å². The summed E-state index contributed by atoms with van der Waals surface area (Å²) in [6.45, 7) is 7.04. The molecule has 2 heterocycles. The van der Waals surface area contributed by atoms with Crippen molar-refractivity contribution >= 4 is 22.4 Å². The Hall–Kier alpha value is -1.14. The van der Waals surface area contributed by atoms with Crippen LogP contribution in [0.3, 0.4) is 0 Å². The predicted molar refractivity (Wildman–Crippen MR) is 70.1 cm³/mol. The largest absolute Gasteiger partial charge is 0.461 e. The predicted octanol–water partition coefficient (Wildman–Crippen LogP) is 2.30. The SMILES string of the molecule is CCOC(=O)c1csc(NC2(C)CCOC2C)n1. The normalized spacial score (nSPS) is 27.2. The molecule has 1 aromatic heterocycles. The number of carbonyl (C=O) groups is 1. The van der Waals surface area contributed by atoms with Crippen molar-refractivity contribution in [3.63, 3.8) is 0 Å². The van der Waals surface area contributed by atoms with Crippen LogP contribution in [0.1, 0.15) is 37.7 Å². The van der Waals surface area contributed by atoms with Gasteiger partial charge in [-0.15, -0.1) is 11.3 Å². The zero-order valence-electron chi connectivity index (χ0n) is 10.9. The van der Waals surface area contributed by atoms with Gasteiger partial charge < -0.3 is 14.8 Å². The Morgan fingerprint density at radius 1 is 1.78 bits per heavy atom. The maximum Gasteiger partial charge on any atom is 0.357 e. The van der Waals surface area contributed by atoms with Gasteiger partial charge in [-0.2, -0.15) is 0 Å². The van der Waals surface area contributed by atoms with Crippen LogP contribution in [-0.4, -0.2) is 35.8 Å². The molecule has 0 spiro atoms. The second-order valence-electron chi connectivity index (χ2n) is 4.56. The third kappa shape index (κ3) is 2.64. The van der Waals surface area contributed by atoms with Crippen LogP contribution in [0.25, 0.3) is 0 Å². The molecule has 1 saturated heterocycles. The lowest BCUT2D eigenvalue weighted by Crippen LogP contribution is -2.41. The van der Waals surface area contributed by atoms with E-state index in [0.717, 1.165) is 18.2 Å². The number of carbonyl (C=O) groups excluding carboxylic acids is 1. The monoisotopic (exact) mass is 270 g/mol. The molecule has 0 aliphatic carbocycles. The fourth-order valence-corrected chi connectivity index (χ4v) is 2.69. The molecule has 1 fully saturated rings. The van der Waals surface area contributed by atoms with E-state index in [0.29, 0.717) is 12.3 Å². The zero-order chi connectivity index (χ0) is 13.2. The number of anilines is 1. The molecule has 0 radical (unpaired) electrons. The van der Waals surface area contributed by atoms with Gasteiger partial charge in [0.15, 0.2) is 10.8 Å². The molecular formula is C12H18N2O3S. The summed E-state index contributed by atoms with van der Waals surface area (Å²) < 4.78 is 10.5. The summed E-state index contributed by atoms with van der Waals surface area (Å²) in [6, 6.07) is 0. The van der Waals surface area contributed by atoms with E-state index in [4.69, 9.17) is 9.47 Å². The average molecular weight is 270 g/mol. The van der Waals surface area contributed by atoms with Crippen LogP contribution < -0.4 is 5.32 Å². The molecule has 2 rings (SSSR count). The number of thiazole rings is 1. The Kier molecular flexibility index (Phi) is 3.87. The van der Waals surface area contributed by atoms with Crippen molar-refractivity contribution < 1.29 is 14.3 Å². The second kappa shape index (κ2) is 5.24. The third-order valence-corrected chi connectivity index (χ3v) is 4.03. The minimum absolute atomic E-state index is 0.121. The Balaban J connectivity index is 2.04. The fourth-order valence-electron chi connectivity index (χ4n) is 1.87. The van der Waals surface area contributed by atoms with Crippen molar-refractivity contribution in [2.45, 2.75) is 38.8 Å². The molecule has 1 aliphatic rings. The number of hydrogen-bond acceptors (Lipinski definition) is 6. The first-order chi connectivity index (χ1) is 8.55. The van der Waals surface area contributed by atoms with Crippen molar-refractivity contribution in [2.24, 2.45) is 0 Å². The van der Waals surface area contributed by atoms with Crippen LogP contribution in [0, 0.1) is 0 Å². The van der Waals surface area contributed by atoms with Crippen molar-refractivity contribution in [3.05, 3.63) is 11.1 Å². The van der Waals surface area contributed by atoms with Crippen LogP contribution in [0.4, 0.5) is 5.13 Å². The Morgan fingerprint density at radius 3 is 3.17 bits per heavy atom. The number of nitrogens with one attached hydrogen (secondary N) is 1. The highest BCUT2D eigenvalue weighted by Gasteiger charge is 2.37. The van der Waals surface area contributed by atoms with E-state index in [9.17, 15) is 4.79 Å². The number of hydrogen-bond donors (Lipinski definition) is 1. The van der Waals surface area contributed by atoms with Crippen molar-refractivity contribution in [1.29, 1.82) is 0 Å². The smallest absolute Gasteiger partial charge is 0.357 e. The van der Waals surface area contributed by atoms with Crippen molar-refractivity contribution in [1.82, 2.24) is 4.98 Å². The summed E-state index contributed by atoms with van der Waals surface area (Å²) in [5, 5.41) is 5.81. The Bertz CT molecular complexity index is 435. The topological polar surface area (TPSA) is 60.5 Å². The molecule has 1 aliphatic heterocycles. The zero-order valence-corrected chi connectivity index (χ0v) is 11.7. The number of ether oxygens (including phenoxy) is 2. The molecule has 1 aromatic rings. The van der Waals surface area contributed by atoms with Crippen molar-refractivity contribution in [2.75, 3.05) is 18.5 Å². The summed E-state index contributed by atoms with van der Waals surface area (Å²) in [4.78, 5) is 15.8. The summed E-state index contributed by atoms with van der Waals surface area (Å²) in [6.07, 6.45) is 1.06. The lowest BCUT2D eigenvalue weighted by molar-refractivity contribution is 0.0520. The third-order valence-electron chi connectivity index (χ3n) is 3.27. The van der Waals surface area contributed by atoms with Gasteiger partial charge in [0, 0.05) is 12.0 Å². The molecule has 1 N–H and O–H groups in total. The van der Waals surface area contributed by atoms with E-state index >= 15 is 0 Å². The minimum atomic E-state index is -0.373. The van der Waals surface area contributed by atoms with Gasteiger partial charge in [-0.05, 0) is 27.2 Å². The van der Waals surface area contributed by atoms with Gasteiger partial charge in [0.1, 0.15) is 0 Å². The van der Waals surface area contributed by atoms with Crippen LogP contribution in [0.5, 0.6) is 0 Å². The molecule has 0 amide bonds. The number of aromatic nitrogens is 1. The highest BCUT2D eigenvalue weighted by atomic mass is 32.1. The molecule has 100 valence electrons. The lowest BCUT2D eigenvalue weighted by Gasteiger charge is -2.28. The van der Waals surface area contributed by atoms with E-state index < -0.39 is 0 Å². The number of rotatable bonds is 4. The van der Waals surface area contributed by atoms with Crippen LogP contribution in [-0.2, 0) is 9.47 Å². The molecule has 5 nitrogen and oxygen atoms in total. The van der Waals surface area contributed by atoms with Gasteiger partial charge in [-0.25, -0.2) is 9.78 Å². The van der Waals surface area contributed by atoms with Gasteiger partial charge in [0.05, 0.1) is 18.2 Å². The molecule has 0 bridgehead atoms. The number of esters is 1. The average Bonchev–Trinajstić information content (AvgIpc) is 2.89.